The zero-order valence-electron chi connectivity index (χ0n) is 13.5. The molecule has 0 fully saturated rings. The molecule has 1 aliphatic heterocycles. The van der Waals surface area contributed by atoms with Crippen molar-refractivity contribution in [3.8, 4) is 0 Å². The number of rotatable bonds is 4. The molecule has 3 aromatic rings. The van der Waals surface area contributed by atoms with Crippen LogP contribution >= 0.6 is 0 Å². The van der Waals surface area contributed by atoms with Gasteiger partial charge in [0.2, 0.25) is 0 Å². The molecule has 0 amide bonds. The van der Waals surface area contributed by atoms with E-state index in [1.54, 1.807) is 24.3 Å². The first-order valence-corrected chi connectivity index (χ1v) is 11.2. The Labute approximate surface area is 154 Å². The van der Waals surface area contributed by atoms with Crippen LogP contribution in [-0.2, 0) is 16.4 Å². The van der Waals surface area contributed by atoms with Crippen molar-refractivity contribution >= 4 is 39.6 Å². The van der Waals surface area contributed by atoms with Crippen LogP contribution in [0, 0.1) is 0 Å². The summed E-state index contributed by atoms with van der Waals surface area (Å²) in [4.78, 5) is 0.348. The summed E-state index contributed by atoms with van der Waals surface area (Å²) in [6.07, 6.45) is 0.764. The molecule has 5 heteroatoms. The molecular formula is C20H17NO2SSe. The third-order valence-corrected chi connectivity index (χ3v) is 8.13. The van der Waals surface area contributed by atoms with E-state index in [1.165, 1.54) is 13.2 Å². The van der Waals surface area contributed by atoms with Gasteiger partial charge in [0.05, 0.1) is 0 Å². The Balaban J connectivity index is 1.64. The van der Waals surface area contributed by atoms with Crippen molar-refractivity contribution in [2.24, 2.45) is 0 Å². The zero-order valence-corrected chi connectivity index (χ0v) is 16.0. The number of hydrogen-bond acceptors (Lipinski definition) is 2. The standard InChI is InChI=1S/C20H17NO2SSe/c22-24(23,17-7-3-1-4-8-17)21-14-13-16-15-19(11-12-20(16)21)25-18-9-5-2-6-10-18/h1-12,15H,13-14H2. The van der Waals surface area contributed by atoms with Crippen molar-refractivity contribution < 1.29 is 8.42 Å². The molecule has 0 aliphatic carbocycles. The van der Waals surface area contributed by atoms with E-state index in [1.807, 2.05) is 18.2 Å². The van der Waals surface area contributed by atoms with Crippen molar-refractivity contribution in [1.29, 1.82) is 0 Å². The molecule has 0 atom stereocenters. The summed E-state index contributed by atoms with van der Waals surface area (Å²) >= 11 is 0.238. The van der Waals surface area contributed by atoms with E-state index < -0.39 is 10.0 Å². The van der Waals surface area contributed by atoms with Gasteiger partial charge in [-0.1, -0.05) is 0 Å². The van der Waals surface area contributed by atoms with E-state index in [0.717, 1.165) is 17.7 Å². The Morgan fingerprint density at radius 1 is 0.800 bits per heavy atom. The van der Waals surface area contributed by atoms with E-state index in [-0.39, 0.29) is 15.0 Å². The van der Waals surface area contributed by atoms with Crippen LogP contribution in [0.3, 0.4) is 0 Å². The van der Waals surface area contributed by atoms with Gasteiger partial charge in [0.1, 0.15) is 0 Å². The van der Waals surface area contributed by atoms with E-state index in [9.17, 15) is 8.42 Å². The maximum atomic E-state index is 12.9. The second-order valence-electron chi connectivity index (χ2n) is 5.85. The number of nitrogens with zero attached hydrogens (tertiary/aromatic N) is 1. The molecule has 0 unspecified atom stereocenters. The Kier molecular flexibility index (Phi) is 4.38. The Hall–Kier alpha value is -2.07. The van der Waals surface area contributed by atoms with Crippen LogP contribution in [0.5, 0.6) is 0 Å². The molecule has 25 heavy (non-hydrogen) atoms. The molecule has 3 aromatic carbocycles. The quantitative estimate of drug-likeness (QED) is 0.614. The second kappa shape index (κ2) is 6.68. The van der Waals surface area contributed by atoms with E-state index in [2.05, 4.69) is 36.4 Å². The number of anilines is 1. The van der Waals surface area contributed by atoms with Crippen LogP contribution in [0.1, 0.15) is 5.56 Å². The van der Waals surface area contributed by atoms with Gasteiger partial charge < -0.3 is 0 Å². The van der Waals surface area contributed by atoms with Gasteiger partial charge in [-0.05, 0) is 0 Å². The van der Waals surface area contributed by atoms with Crippen molar-refractivity contribution in [3.05, 3.63) is 84.4 Å². The van der Waals surface area contributed by atoms with Gasteiger partial charge in [-0.3, -0.25) is 0 Å². The Bertz CT molecular complexity index is 989. The molecule has 3 nitrogen and oxygen atoms in total. The molecule has 0 N–H and O–H groups in total. The van der Waals surface area contributed by atoms with Gasteiger partial charge >= 0.3 is 155 Å². The summed E-state index contributed by atoms with van der Waals surface area (Å²) in [5.74, 6) is 0. The fourth-order valence-corrected chi connectivity index (χ4v) is 6.42. The zero-order chi connectivity index (χ0) is 17.3. The van der Waals surface area contributed by atoms with Crippen molar-refractivity contribution in [3.63, 3.8) is 0 Å². The molecule has 126 valence electrons. The summed E-state index contributed by atoms with van der Waals surface area (Å²) in [6, 6.07) is 25.3. The van der Waals surface area contributed by atoms with Gasteiger partial charge in [0.15, 0.2) is 0 Å². The summed E-state index contributed by atoms with van der Waals surface area (Å²) in [5.41, 5.74) is 1.94. The average molecular weight is 414 g/mol. The molecule has 0 aromatic heterocycles. The van der Waals surface area contributed by atoms with Crippen molar-refractivity contribution in [2.75, 3.05) is 10.8 Å². The van der Waals surface area contributed by atoms with Gasteiger partial charge in [-0.25, -0.2) is 0 Å². The molecule has 1 aliphatic rings. The third kappa shape index (κ3) is 3.23. The predicted molar refractivity (Wildman–Crippen MR) is 103 cm³/mol. The molecular weight excluding hydrogens is 397 g/mol. The van der Waals surface area contributed by atoms with Gasteiger partial charge in [-0.15, -0.1) is 0 Å². The molecule has 1 heterocycles. The second-order valence-corrected chi connectivity index (χ2v) is 10.1. The SMILES string of the molecule is O=S(=O)(c1ccccc1)N1CCc2cc([Se]c3ccccc3)ccc21. The molecule has 0 saturated carbocycles. The molecule has 0 radical (unpaired) electrons. The maximum absolute atomic E-state index is 12.9. The molecule has 4 rings (SSSR count). The number of sulfonamides is 1. The third-order valence-electron chi connectivity index (χ3n) is 4.21. The number of hydrogen-bond donors (Lipinski definition) is 0. The minimum atomic E-state index is -3.49. The fourth-order valence-electron chi connectivity index (χ4n) is 3.01. The van der Waals surface area contributed by atoms with Gasteiger partial charge in [-0.2, -0.15) is 0 Å². The summed E-state index contributed by atoms with van der Waals surface area (Å²) in [7, 11) is -3.49. The Morgan fingerprint density at radius 3 is 2.20 bits per heavy atom. The van der Waals surface area contributed by atoms with Crippen LogP contribution in [-0.4, -0.2) is 29.9 Å². The van der Waals surface area contributed by atoms with Crippen LogP contribution in [0.15, 0.2) is 83.8 Å². The normalized spacial score (nSPS) is 13.7. The summed E-state index contributed by atoms with van der Waals surface area (Å²) < 4.78 is 29.9. The fraction of sp³-hybridized carbons (Fsp3) is 0.100. The van der Waals surface area contributed by atoms with E-state index in [0.29, 0.717) is 11.4 Å². The minimum absolute atomic E-state index is 0.238. The van der Waals surface area contributed by atoms with Crippen LogP contribution in [0.25, 0.3) is 0 Å². The number of fused-ring (bicyclic) bond motifs is 1. The van der Waals surface area contributed by atoms with Crippen molar-refractivity contribution in [2.45, 2.75) is 11.3 Å². The summed E-state index contributed by atoms with van der Waals surface area (Å²) in [5, 5.41) is 0. The number of benzene rings is 3. The average Bonchev–Trinajstić information content (AvgIpc) is 3.07. The molecule has 0 bridgehead atoms. The van der Waals surface area contributed by atoms with Crippen LogP contribution in [0.2, 0.25) is 0 Å². The topological polar surface area (TPSA) is 37.4 Å². The predicted octanol–water partition coefficient (Wildman–Crippen LogP) is 2.09. The molecule has 0 spiro atoms. The van der Waals surface area contributed by atoms with Gasteiger partial charge in [0.25, 0.3) is 0 Å². The van der Waals surface area contributed by atoms with Crippen LogP contribution in [0.4, 0.5) is 5.69 Å². The van der Waals surface area contributed by atoms with E-state index >= 15 is 0 Å². The first-order chi connectivity index (χ1) is 12.1. The molecule has 0 saturated heterocycles. The first-order valence-electron chi connectivity index (χ1n) is 8.08. The van der Waals surface area contributed by atoms with Crippen LogP contribution < -0.4 is 13.2 Å². The Morgan fingerprint density at radius 2 is 1.48 bits per heavy atom. The van der Waals surface area contributed by atoms with Crippen molar-refractivity contribution in [1.82, 2.24) is 0 Å². The summed E-state index contributed by atoms with van der Waals surface area (Å²) in [6.45, 7) is 0.508. The van der Waals surface area contributed by atoms with Gasteiger partial charge in [0, 0.05) is 0 Å². The monoisotopic (exact) mass is 415 g/mol. The first kappa shape index (κ1) is 16.4. The van der Waals surface area contributed by atoms with E-state index in [4.69, 9.17) is 0 Å².